The lowest BCUT2D eigenvalue weighted by Crippen LogP contribution is -2.83. The van der Waals surface area contributed by atoms with E-state index in [4.69, 9.17) is 37.7 Å². The van der Waals surface area contributed by atoms with Crippen molar-refractivity contribution >= 4 is 75.9 Å². The predicted molar refractivity (Wildman–Crippen MR) is 153 cm³/mol. The standard InChI is InChI=1S/C27H22Cl2N4O5S/c1-33-21-9-8-16(28)13-19(21)22(18-6-4-5-7-20(18)29)31-23(24(33)34)32-27(39)30-17-11-14(25(35)37-2)10-15(12-17)26(36)38-3/h4-13,23H,1-3H3,(H2,30,32,39)/p+1. The van der Waals surface area contributed by atoms with Crippen molar-refractivity contribution in [2.24, 2.45) is 4.99 Å². The van der Waals surface area contributed by atoms with Gasteiger partial charge in [-0.05, 0) is 42.5 Å². The number of thiol groups is 1. The highest BCUT2D eigenvalue weighted by Gasteiger charge is 2.32. The van der Waals surface area contributed by atoms with Crippen LogP contribution in [-0.2, 0) is 14.3 Å². The molecule has 1 aliphatic rings. The smallest absolute Gasteiger partial charge is 0.338 e. The van der Waals surface area contributed by atoms with Crippen LogP contribution in [0.25, 0.3) is 0 Å². The molecule has 3 aromatic rings. The monoisotopic (exact) mass is 585 g/mol. The minimum absolute atomic E-state index is 0.112. The highest BCUT2D eigenvalue weighted by Crippen LogP contribution is 2.31. The fraction of sp³-hybridized carbons (Fsp3) is 0.148. The fourth-order valence-electron chi connectivity index (χ4n) is 3.98. The first kappa shape index (κ1) is 28.2. The first-order chi connectivity index (χ1) is 18.6. The van der Waals surface area contributed by atoms with Gasteiger partial charge in [-0.15, -0.1) is 0 Å². The Balaban J connectivity index is 1.79. The number of nitrogens with one attached hydrogen (secondary N) is 2. The summed E-state index contributed by atoms with van der Waals surface area (Å²) in [6, 6.07) is 16.6. The van der Waals surface area contributed by atoms with Crippen molar-refractivity contribution in [1.29, 1.82) is 0 Å². The predicted octanol–water partition coefficient (Wildman–Crippen LogP) is 3.19. The van der Waals surface area contributed by atoms with Crippen molar-refractivity contribution in [3.63, 3.8) is 0 Å². The third kappa shape index (κ3) is 6.08. The second-order valence-corrected chi connectivity index (χ2v) is 9.61. The number of esters is 2. The molecule has 1 heterocycles. The van der Waals surface area contributed by atoms with E-state index in [1.807, 2.05) is 6.07 Å². The number of fused-ring (bicyclic) bond motifs is 1. The second-order valence-electron chi connectivity index (χ2n) is 8.32. The number of anilines is 2. The van der Waals surface area contributed by atoms with Crippen molar-refractivity contribution < 1.29 is 28.8 Å². The van der Waals surface area contributed by atoms with E-state index in [0.717, 1.165) is 0 Å². The number of benzene rings is 3. The number of rotatable bonds is 5. The fourth-order valence-corrected chi connectivity index (χ4v) is 4.63. The molecule has 0 aromatic heterocycles. The molecule has 1 amide bonds. The molecule has 1 aliphatic heterocycles. The third-order valence-corrected chi connectivity index (χ3v) is 6.64. The molecule has 0 aliphatic carbocycles. The topological polar surface area (TPSA) is 111 Å². The van der Waals surface area contributed by atoms with Crippen LogP contribution >= 0.6 is 35.8 Å². The Bertz CT molecular complexity index is 1510. The number of carbonyl (C=O) groups is 3. The molecule has 0 bridgehead atoms. The van der Waals surface area contributed by atoms with Gasteiger partial charge in [0.05, 0.1) is 36.7 Å². The van der Waals surface area contributed by atoms with Crippen LogP contribution in [0.1, 0.15) is 31.8 Å². The zero-order chi connectivity index (χ0) is 28.3. The number of halogens is 2. The van der Waals surface area contributed by atoms with Crippen LogP contribution in [0, 0.1) is 0 Å². The first-order valence-corrected chi connectivity index (χ1v) is 12.6. The summed E-state index contributed by atoms with van der Waals surface area (Å²) in [4.78, 5) is 47.0. The zero-order valence-corrected chi connectivity index (χ0v) is 23.4. The van der Waals surface area contributed by atoms with E-state index in [0.29, 0.717) is 38.3 Å². The minimum atomic E-state index is -1.13. The molecule has 2 N–H and O–H groups in total. The molecule has 39 heavy (non-hydrogen) atoms. The molecule has 1 unspecified atom stereocenters. The maximum atomic E-state index is 13.5. The summed E-state index contributed by atoms with van der Waals surface area (Å²) < 4.78 is 9.56. The van der Waals surface area contributed by atoms with Gasteiger partial charge in [-0.2, -0.15) is 0 Å². The Morgan fingerprint density at radius 2 is 1.62 bits per heavy atom. The Labute approximate surface area is 239 Å². The summed E-state index contributed by atoms with van der Waals surface area (Å²) in [5.41, 5.74) is 2.82. The number of hydrogen-bond acceptors (Lipinski definition) is 6. The number of hydrogen-bond donors (Lipinski definition) is 3. The highest BCUT2D eigenvalue weighted by molar-refractivity contribution is 7.96. The Morgan fingerprint density at radius 3 is 2.23 bits per heavy atom. The van der Waals surface area contributed by atoms with Crippen molar-refractivity contribution in [3.05, 3.63) is 93.0 Å². The molecule has 1 atom stereocenters. The van der Waals surface area contributed by atoms with Gasteiger partial charge in [0.25, 0.3) is 12.1 Å². The summed E-state index contributed by atoms with van der Waals surface area (Å²) >= 11 is 17.3. The first-order valence-electron chi connectivity index (χ1n) is 11.4. The van der Waals surface area contributed by atoms with Gasteiger partial charge < -0.3 is 14.4 Å². The molecular weight excluding hydrogens is 563 g/mol. The number of ether oxygens (including phenoxy) is 2. The number of benzodiazepines with no additional fused rings is 1. The van der Waals surface area contributed by atoms with Crippen molar-refractivity contribution in [1.82, 2.24) is 0 Å². The Kier molecular flexibility index (Phi) is 8.59. The maximum absolute atomic E-state index is 13.5. The molecule has 0 radical (unpaired) electrons. The van der Waals surface area contributed by atoms with Gasteiger partial charge in [0.15, 0.2) is 0 Å². The largest absolute Gasteiger partial charge is 0.465 e. The molecule has 4 rings (SSSR count). The molecule has 0 fully saturated rings. The zero-order valence-electron chi connectivity index (χ0n) is 21.0. The number of amidine groups is 1. The number of methoxy groups -OCH3 is 2. The van der Waals surface area contributed by atoms with Gasteiger partial charge in [-0.1, -0.05) is 54.0 Å². The summed E-state index contributed by atoms with van der Waals surface area (Å²) in [6.45, 7) is 0. The van der Waals surface area contributed by atoms with Crippen molar-refractivity contribution in [3.8, 4) is 0 Å². The minimum Gasteiger partial charge on any atom is -0.465 e. The normalized spacial score (nSPS) is 15.2. The average Bonchev–Trinajstić information content (AvgIpc) is 3.02. The lowest BCUT2D eigenvalue weighted by atomic mass is 10.00. The Hall–Kier alpha value is -3.86. The molecule has 200 valence electrons. The second kappa shape index (κ2) is 11.9. The van der Waals surface area contributed by atoms with E-state index < -0.39 is 18.1 Å². The number of nitrogens with zero attached hydrogens (tertiary/aromatic N) is 2. The number of amides is 1. The highest BCUT2D eigenvalue weighted by atomic mass is 35.5. The molecule has 9 nitrogen and oxygen atoms in total. The van der Waals surface area contributed by atoms with E-state index in [1.165, 1.54) is 37.3 Å². The molecule has 0 saturated heterocycles. The van der Waals surface area contributed by atoms with Gasteiger partial charge in [0.2, 0.25) is 0 Å². The van der Waals surface area contributed by atoms with Crippen molar-refractivity contribution in [2.75, 3.05) is 31.5 Å². The van der Waals surface area contributed by atoms with Crippen LogP contribution in [0.2, 0.25) is 10.0 Å². The summed E-state index contributed by atoms with van der Waals surface area (Å²) in [5, 5.41) is 3.98. The van der Waals surface area contributed by atoms with E-state index in [1.54, 1.807) is 43.4 Å². The van der Waals surface area contributed by atoms with E-state index in [9.17, 15) is 14.4 Å². The maximum Gasteiger partial charge on any atom is 0.338 e. The molecule has 0 saturated carbocycles. The SMILES string of the molecule is COC(=O)c1cc(N/C(S)=[NH+]/C2N=C(c3ccccc3Cl)c3cc(Cl)ccc3N(C)C2=O)cc(C(=O)OC)c1. The lowest BCUT2D eigenvalue weighted by molar-refractivity contribution is -0.481. The Morgan fingerprint density at radius 1 is 0.974 bits per heavy atom. The van der Waals surface area contributed by atoms with Gasteiger partial charge >= 0.3 is 17.1 Å². The van der Waals surface area contributed by atoms with Crippen LogP contribution in [0.3, 0.4) is 0 Å². The lowest BCUT2D eigenvalue weighted by Gasteiger charge is -2.19. The third-order valence-electron chi connectivity index (χ3n) is 5.84. The van der Waals surface area contributed by atoms with Crippen LogP contribution < -0.4 is 15.2 Å². The summed E-state index contributed by atoms with van der Waals surface area (Å²) in [7, 11) is 4.08. The van der Waals surface area contributed by atoms with E-state index in [2.05, 4.69) is 22.9 Å². The van der Waals surface area contributed by atoms with Crippen LogP contribution in [-0.4, -0.2) is 56.2 Å². The van der Waals surface area contributed by atoms with Crippen LogP contribution in [0.5, 0.6) is 0 Å². The van der Waals surface area contributed by atoms with Crippen LogP contribution in [0.4, 0.5) is 11.4 Å². The van der Waals surface area contributed by atoms with Gasteiger partial charge in [0, 0.05) is 28.2 Å². The molecule has 12 heteroatoms. The van der Waals surface area contributed by atoms with Gasteiger partial charge in [-0.25, -0.2) is 24.9 Å². The quantitative estimate of drug-likeness (QED) is 0.183. The summed E-state index contributed by atoms with van der Waals surface area (Å²) in [6.07, 6.45) is -1.13. The molecule has 3 aromatic carbocycles. The van der Waals surface area contributed by atoms with Crippen LogP contribution in [0.15, 0.2) is 65.7 Å². The summed E-state index contributed by atoms with van der Waals surface area (Å²) in [5.74, 6) is -1.68. The van der Waals surface area contributed by atoms with Gasteiger partial charge in [0.1, 0.15) is 5.69 Å². The van der Waals surface area contributed by atoms with E-state index >= 15 is 0 Å². The number of carbonyl (C=O) groups excluding carboxylic acids is 3. The molecular formula is C27H23Cl2N4O5S+. The van der Waals surface area contributed by atoms with Crippen molar-refractivity contribution in [2.45, 2.75) is 6.17 Å². The average molecular weight is 586 g/mol. The molecule has 0 spiro atoms. The number of likely N-dealkylation sites (N-methyl/N-ethyl adjacent to an activating group) is 1. The van der Waals surface area contributed by atoms with Gasteiger partial charge in [-0.3, -0.25) is 4.79 Å². The number of aliphatic imine (C=N–C) groups is 1. The van der Waals surface area contributed by atoms with E-state index in [-0.39, 0.29) is 22.2 Å².